The molecule has 18 heavy (non-hydrogen) atoms. The van der Waals surface area contributed by atoms with E-state index in [0.717, 1.165) is 12.0 Å². The lowest BCUT2D eigenvalue weighted by Gasteiger charge is -2.15. The first kappa shape index (κ1) is 14.9. The summed E-state index contributed by atoms with van der Waals surface area (Å²) in [6, 6.07) is 4.22. The molecular weight excluding hydrogens is 252 g/mol. The van der Waals surface area contributed by atoms with Gasteiger partial charge in [-0.15, -0.1) is 0 Å². The predicted molar refractivity (Wildman–Crippen MR) is 71.7 cm³/mol. The molecule has 0 radical (unpaired) electrons. The Labute approximate surface area is 108 Å². The summed E-state index contributed by atoms with van der Waals surface area (Å²) in [5.74, 6) is 0. The molecule has 0 heterocycles. The van der Waals surface area contributed by atoms with Crippen LogP contribution < -0.4 is 10.5 Å². The number of sulfonamides is 1. The first-order chi connectivity index (χ1) is 8.44. The van der Waals surface area contributed by atoms with Gasteiger partial charge in [0.15, 0.2) is 0 Å². The number of benzene rings is 1. The SMILES string of the molecule is CCc1ccc(S(=O)(=O)N[C@H](CC)CO)cc1N. The van der Waals surface area contributed by atoms with Gasteiger partial charge in [0.1, 0.15) is 0 Å². The number of anilines is 1. The third-order valence-corrected chi connectivity index (χ3v) is 4.36. The van der Waals surface area contributed by atoms with Crippen LogP contribution in [-0.2, 0) is 16.4 Å². The summed E-state index contributed by atoms with van der Waals surface area (Å²) in [5, 5.41) is 9.02. The van der Waals surface area contributed by atoms with E-state index in [2.05, 4.69) is 4.72 Å². The molecule has 0 aliphatic carbocycles. The second-order valence-electron chi connectivity index (χ2n) is 4.12. The molecule has 1 rings (SSSR count). The number of nitrogen functional groups attached to an aromatic ring is 1. The van der Waals surface area contributed by atoms with Crippen LogP contribution in [-0.4, -0.2) is 26.2 Å². The summed E-state index contributed by atoms with van der Waals surface area (Å²) in [4.78, 5) is 0.129. The van der Waals surface area contributed by atoms with Crippen molar-refractivity contribution in [3.8, 4) is 0 Å². The van der Waals surface area contributed by atoms with Crippen LogP contribution in [0, 0.1) is 0 Å². The van der Waals surface area contributed by atoms with Gasteiger partial charge in [-0.2, -0.15) is 0 Å². The number of aryl methyl sites for hydroxylation is 1. The Morgan fingerprint density at radius 2 is 2.06 bits per heavy atom. The highest BCUT2D eigenvalue weighted by Gasteiger charge is 2.19. The van der Waals surface area contributed by atoms with Crippen molar-refractivity contribution in [2.24, 2.45) is 0 Å². The first-order valence-corrected chi connectivity index (χ1v) is 7.44. The zero-order valence-electron chi connectivity index (χ0n) is 10.7. The van der Waals surface area contributed by atoms with Crippen LogP contribution in [0.1, 0.15) is 25.8 Å². The Hall–Kier alpha value is -1.11. The largest absolute Gasteiger partial charge is 0.398 e. The summed E-state index contributed by atoms with van der Waals surface area (Å²) in [7, 11) is -3.62. The van der Waals surface area contributed by atoms with Gasteiger partial charge in [-0.25, -0.2) is 13.1 Å². The highest BCUT2D eigenvalue weighted by molar-refractivity contribution is 7.89. The average molecular weight is 272 g/mol. The molecule has 0 spiro atoms. The number of aliphatic hydroxyl groups is 1. The van der Waals surface area contributed by atoms with Gasteiger partial charge in [0, 0.05) is 11.7 Å². The van der Waals surface area contributed by atoms with Crippen LogP contribution in [0.4, 0.5) is 5.69 Å². The van der Waals surface area contributed by atoms with Crippen LogP contribution in [0.5, 0.6) is 0 Å². The fraction of sp³-hybridized carbons (Fsp3) is 0.500. The molecule has 0 saturated heterocycles. The van der Waals surface area contributed by atoms with Crippen molar-refractivity contribution in [2.45, 2.75) is 37.6 Å². The first-order valence-electron chi connectivity index (χ1n) is 5.96. The van der Waals surface area contributed by atoms with Crippen molar-refractivity contribution in [3.05, 3.63) is 23.8 Å². The molecule has 0 unspecified atom stereocenters. The number of hydrogen-bond donors (Lipinski definition) is 3. The van der Waals surface area contributed by atoms with E-state index in [4.69, 9.17) is 10.8 Å². The maximum atomic E-state index is 12.0. The lowest BCUT2D eigenvalue weighted by Crippen LogP contribution is -2.36. The van der Waals surface area contributed by atoms with Gasteiger partial charge >= 0.3 is 0 Å². The van der Waals surface area contributed by atoms with Crippen LogP contribution in [0.3, 0.4) is 0 Å². The maximum absolute atomic E-state index is 12.0. The van der Waals surface area contributed by atoms with Gasteiger partial charge in [-0.3, -0.25) is 0 Å². The van der Waals surface area contributed by atoms with Gasteiger partial charge in [-0.1, -0.05) is 19.9 Å². The molecule has 6 heteroatoms. The van der Waals surface area contributed by atoms with Crippen LogP contribution in [0.25, 0.3) is 0 Å². The molecule has 0 saturated carbocycles. The van der Waals surface area contributed by atoms with Gasteiger partial charge in [0.2, 0.25) is 10.0 Å². The second-order valence-corrected chi connectivity index (χ2v) is 5.84. The zero-order chi connectivity index (χ0) is 13.8. The van der Waals surface area contributed by atoms with Gasteiger partial charge in [-0.05, 0) is 30.5 Å². The summed E-state index contributed by atoms with van der Waals surface area (Å²) in [5.41, 5.74) is 7.17. The van der Waals surface area contributed by atoms with E-state index in [9.17, 15) is 8.42 Å². The molecule has 1 atom stereocenters. The molecule has 0 amide bonds. The van der Waals surface area contributed by atoms with Crippen molar-refractivity contribution in [1.29, 1.82) is 0 Å². The van der Waals surface area contributed by atoms with Crippen LogP contribution in [0.15, 0.2) is 23.1 Å². The molecular formula is C12H20N2O3S. The minimum Gasteiger partial charge on any atom is -0.398 e. The second kappa shape index (κ2) is 6.17. The third-order valence-electron chi connectivity index (χ3n) is 2.84. The van der Waals surface area contributed by atoms with Gasteiger partial charge < -0.3 is 10.8 Å². The van der Waals surface area contributed by atoms with Crippen molar-refractivity contribution < 1.29 is 13.5 Å². The fourth-order valence-electron chi connectivity index (χ4n) is 1.60. The van der Waals surface area contributed by atoms with Crippen molar-refractivity contribution in [2.75, 3.05) is 12.3 Å². The van der Waals surface area contributed by atoms with Crippen molar-refractivity contribution >= 4 is 15.7 Å². The molecule has 1 aromatic carbocycles. The molecule has 0 bridgehead atoms. The topological polar surface area (TPSA) is 92.4 Å². The minimum atomic E-state index is -3.62. The Morgan fingerprint density at radius 3 is 2.50 bits per heavy atom. The Balaban J connectivity index is 3.02. The molecule has 1 aromatic rings. The Bertz CT molecular complexity index is 496. The zero-order valence-corrected chi connectivity index (χ0v) is 11.5. The number of rotatable bonds is 6. The Morgan fingerprint density at radius 1 is 1.39 bits per heavy atom. The van der Waals surface area contributed by atoms with Crippen LogP contribution in [0.2, 0.25) is 0 Å². The number of nitrogens with two attached hydrogens (primary N) is 1. The van der Waals surface area contributed by atoms with Crippen LogP contribution >= 0.6 is 0 Å². The van der Waals surface area contributed by atoms with Crippen molar-refractivity contribution in [1.82, 2.24) is 4.72 Å². The molecule has 0 fully saturated rings. The van der Waals surface area contributed by atoms with E-state index in [1.807, 2.05) is 6.92 Å². The standard InChI is InChI=1S/C12H20N2O3S/c1-3-9-5-6-11(7-12(9)13)18(16,17)14-10(4-2)8-15/h5-7,10,14-15H,3-4,8,13H2,1-2H3/t10-/m1/s1. The fourth-order valence-corrected chi connectivity index (χ4v) is 2.94. The quantitative estimate of drug-likeness (QED) is 0.670. The molecule has 102 valence electrons. The van der Waals surface area contributed by atoms with E-state index >= 15 is 0 Å². The average Bonchev–Trinajstić information content (AvgIpc) is 2.35. The van der Waals surface area contributed by atoms with E-state index in [1.165, 1.54) is 12.1 Å². The highest BCUT2D eigenvalue weighted by atomic mass is 32.2. The smallest absolute Gasteiger partial charge is 0.240 e. The molecule has 0 aliphatic rings. The van der Waals surface area contributed by atoms with E-state index in [-0.39, 0.29) is 11.5 Å². The third kappa shape index (κ3) is 3.44. The summed E-state index contributed by atoms with van der Waals surface area (Å²) < 4.78 is 26.5. The van der Waals surface area contributed by atoms with Crippen molar-refractivity contribution in [3.63, 3.8) is 0 Å². The lowest BCUT2D eigenvalue weighted by atomic mass is 10.1. The Kier molecular flexibility index (Phi) is 5.13. The van der Waals surface area contributed by atoms with E-state index < -0.39 is 16.1 Å². The van der Waals surface area contributed by atoms with E-state index in [0.29, 0.717) is 12.1 Å². The summed E-state index contributed by atoms with van der Waals surface area (Å²) in [6.45, 7) is 3.53. The number of nitrogens with one attached hydrogen (secondary N) is 1. The normalized spacial score (nSPS) is 13.5. The minimum absolute atomic E-state index is 0.129. The highest BCUT2D eigenvalue weighted by Crippen LogP contribution is 2.18. The number of hydrogen-bond acceptors (Lipinski definition) is 4. The van der Waals surface area contributed by atoms with Gasteiger partial charge in [0.25, 0.3) is 0 Å². The maximum Gasteiger partial charge on any atom is 0.240 e. The van der Waals surface area contributed by atoms with Gasteiger partial charge in [0.05, 0.1) is 11.5 Å². The predicted octanol–water partition coefficient (Wildman–Crippen LogP) is 0.880. The monoisotopic (exact) mass is 272 g/mol. The summed E-state index contributed by atoms with van der Waals surface area (Å²) in [6.07, 6.45) is 1.28. The molecule has 0 aromatic heterocycles. The van der Waals surface area contributed by atoms with E-state index in [1.54, 1.807) is 13.0 Å². The number of aliphatic hydroxyl groups excluding tert-OH is 1. The molecule has 5 nitrogen and oxygen atoms in total. The summed E-state index contributed by atoms with van der Waals surface area (Å²) >= 11 is 0. The molecule has 4 N–H and O–H groups in total. The molecule has 0 aliphatic heterocycles. The lowest BCUT2D eigenvalue weighted by molar-refractivity contribution is 0.254.